The maximum Gasteiger partial charge on any atom is 0.281 e. The maximum absolute atomic E-state index is 12.7. The first kappa shape index (κ1) is 16.2. The lowest BCUT2D eigenvalue weighted by Gasteiger charge is -2.13. The lowest BCUT2D eigenvalue weighted by atomic mass is 10.0. The predicted octanol–water partition coefficient (Wildman–Crippen LogP) is 4.62. The Morgan fingerprint density at radius 2 is 1.35 bits per heavy atom. The molecule has 1 amide bonds. The van der Waals surface area contributed by atoms with E-state index in [9.17, 15) is 4.79 Å². The van der Waals surface area contributed by atoms with E-state index in [4.69, 9.17) is 12.2 Å². The molecule has 3 nitrogen and oxygen atoms in total. The highest BCUT2D eigenvalue weighted by atomic mass is 32.1. The van der Waals surface area contributed by atoms with E-state index in [1.807, 2.05) is 66.7 Å². The summed E-state index contributed by atoms with van der Waals surface area (Å²) in [6.45, 7) is 0. The molecule has 1 fully saturated rings. The van der Waals surface area contributed by atoms with E-state index in [0.29, 0.717) is 10.8 Å². The highest BCUT2D eigenvalue weighted by molar-refractivity contribution is 7.80. The van der Waals surface area contributed by atoms with Gasteiger partial charge in [0.05, 0.1) is 5.69 Å². The van der Waals surface area contributed by atoms with Crippen LogP contribution < -0.4 is 10.2 Å². The fourth-order valence-electron chi connectivity index (χ4n) is 2.92. The van der Waals surface area contributed by atoms with Crippen molar-refractivity contribution in [3.63, 3.8) is 0 Å². The van der Waals surface area contributed by atoms with Crippen molar-refractivity contribution >= 4 is 35.0 Å². The van der Waals surface area contributed by atoms with Gasteiger partial charge in [-0.2, -0.15) is 0 Å². The first-order valence-electron chi connectivity index (χ1n) is 8.30. The zero-order chi connectivity index (χ0) is 17.9. The summed E-state index contributed by atoms with van der Waals surface area (Å²) in [5.41, 5.74) is 4.49. The lowest BCUT2D eigenvalue weighted by molar-refractivity contribution is -0.113. The molecule has 1 aliphatic rings. The van der Waals surface area contributed by atoms with Crippen LogP contribution in [0.25, 0.3) is 17.2 Å². The number of thiocarbonyl (C=S) groups is 1. The van der Waals surface area contributed by atoms with Crippen molar-refractivity contribution in [3.05, 3.63) is 96.2 Å². The molecule has 4 heteroatoms. The Balaban J connectivity index is 1.59. The molecule has 0 atom stereocenters. The fourth-order valence-corrected chi connectivity index (χ4v) is 3.21. The first-order valence-corrected chi connectivity index (χ1v) is 8.71. The van der Waals surface area contributed by atoms with Gasteiger partial charge in [-0.3, -0.25) is 9.69 Å². The third kappa shape index (κ3) is 3.15. The Morgan fingerprint density at radius 1 is 0.769 bits per heavy atom. The largest absolute Gasteiger partial charge is 0.327 e. The Labute approximate surface area is 157 Å². The van der Waals surface area contributed by atoms with E-state index in [0.717, 1.165) is 16.8 Å². The summed E-state index contributed by atoms with van der Waals surface area (Å²) in [5.74, 6) is -0.145. The normalized spacial score (nSPS) is 15.4. The van der Waals surface area contributed by atoms with Crippen LogP contribution in [-0.2, 0) is 4.79 Å². The average molecular weight is 356 g/mol. The zero-order valence-corrected chi connectivity index (χ0v) is 14.7. The number of carbonyl (C=O) groups is 1. The minimum atomic E-state index is -0.145. The van der Waals surface area contributed by atoms with E-state index < -0.39 is 0 Å². The quantitative estimate of drug-likeness (QED) is 0.549. The molecule has 0 spiro atoms. The second-order valence-corrected chi connectivity index (χ2v) is 6.34. The number of nitrogens with zero attached hydrogens (tertiary/aromatic N) is 1. The SMILES string of the molecule is O=C1/C(=C\c2ccc(-c3ccccc3)cc2)NC(=S)N1c1ccccc1. The van der Waals surface area contributed by atoms with E-state index in [1.165, 1.54) is 10.5 Å². The van der Waals surface area contributed by atoms with Crippen molar-refractivity contribution in [2.24, 2.45) is 0 Å². The molecule has 0 aromatic heterocycles. The van der Waals surface area contributed by atoms with E-state index in [1.54, 1.807) is 0 Å². The molecule has 0 unspecified atom stereocenters. The third-order valence-electron chi connectivity index (χ3n) is 4.22. The number of hydrogen-bond donors (Lipinski definition) is 1. The fraction of sp³-hybridized carbons (Fsp3) is 0. The summed E-state index contributed by atoms with van der Waals surface area (Å²) in [6.07, 6.45) is 1.83. The Hall–Kier alpha value is -3.24. The minimum absolute atomic E-state index is 0.145. The van der Waals surface area contributed by atoms with Gasteiger partial charge in [-0.15, -0.1) is 0 Å². The van der Waals surface area contributed by atoms with Gasteiger partial charge in [0.25, 0.3) is 5.91 Å². The molecule has 1 heterocycles. The van der Waals surface area contributed by atoms with Crippen LogP contribution >= 0.6 is 12.2 Å². The van der Waals surface area contributed by atoms with Crippen LogP contribution in [0.4, 0.5) is 5.69 Å². The van der Waals surface area contributed by atoms with Crippen LogP contribution in [0, 0.1) is 0 Å². The number of amides is 1. The van der Waals surface area contributed by atoms with Crippen molar-refractivity contribution in [2.45, 2.75) is 0 Å². The molecule has 0 aliphatic carbocycles. The molecule has 4 rings (SSSR count). The summed E-state index contributed by atoms with van der Waals surface area (Å²) in [7, 11) is 0. The van der Waals surface area contributed by atoms with Crippen LogP contribution in [0.1, 0.15) is 5.56 Å². The average Bonchev–Trinajstić information content (AvgIpc) is 2.97. The van der Waals surface area contributed by atoms with Crippen molar-refractivity contribution < 1.29 is 4.79 Å². The molecule has 1 N–H and O–H groups in total. The van der Waals surface area contributed by atoms with Crippen LogP contribution in [-0.4, -0.2) is 11.0 Å². The molecule has 0 saturated carbocycles. The smallest absolute Gasteiger partial charge is 0.281 e. The van der Waals surface area contributed by atoms with Gasteiger partial charge in [0.1, 0.15) is 5.70 Å². The summed E-state index contributed by atoms with van der Waals surface area (Å²) in [6, 6.07) is 27.7. The highest BCUT2D eigenvalue weighted by Gasteiger charge is 2.31. The van der Waals surface area contributed by atoms with Gasteiger partial charge in [-0.25, -0.2) is 0 Å². The van der Waals surface area contributed by atoms with E-state index in [-0.39, 0.29) is 5.91 Å². The number of para-hydroxylation sites is 1. The Morgan fingerprint density at radius 3 is 2.00 bits per heavy atom. The molecule has 1 saturated heterocycles. The van der Waals surface area contributed by atoms with Gasteiger partial charge in [-0.1, -0.05) is 72.8 Å². The Bertz CT molecular complexity index is 980. The van der Waals surface area contributed by atoms with Crippen molar-refractivity contribution in [3.8, 4) is 11.1 Å². The molecule has 3 aromatic rings. The van der Waals surface area contributed by atoms with Crippen LogP contribution in [0.3, 0.4) is 0 Å². The molecule has 1 aliphatic heterocycles. The summed E-state index contributed by atoms with van der Waals surface area (Å²) < 4.78 is 0. The van der Waals surface area contributed by atoms with Gasteiger partial charge in [0, 0.05) is 0 Å². The molecule has 0 bridgehead atoms. The number of benzene rings is 3. The van der Waals surface area contributed by atoms with Crippen LogP contribution in [0.5, 0.6) is 0 Å². The standard InChI is InChI=1S/C22H16N2OS/c25-21-20(23-22(26)24(21)19-9-5-2-6-10-19)15-16-11-13-18(14-12-16)17-7-3-1-4-8-17/h1-15H,(H,23,26)/b20-15+. The first-order chi connectivity index (χ1) is 12.7. The summed E-state index contributed by atoms with van der Waals surface area (Å²) in [5, 5.41) is 3.41. The van der Waals surface area contributed by atoms with Gasteiger partial charge in [0.15, 0.2) is 5.11 Å². The molecular formula is C22H16N2OS. The second-order valence-electron chi connectivity index (χ2n) is 5.95. The van der Waals surface area contributed by atoms with Gasteiger partial charge < -0.3 is 5.32 Å². The lowest BCUT2D eigenvalue weighted by Crippen LogP contribution is -2.30. The Kier molecular flexibility index (Phi) is 4.33. The second kappa shape index (κ2) is 6.94. The number of anilines is 1. The van der Waals surface area contributed by atoms with Gasteiger partial charge in [0.2, 0.25) is 0 Å². The van der Waals surface area contributed by atoms with Crippen molar-refractivity contribution in [1.82, 2.24) is 5.32 Å². The molecule has 26 heavy (non-hydrogen) atoms. The van der Waals surface area contributed by atoms with Gasteiger partial charge in [-0.05, 0) is 47.1 Å². The molecule has 126 valence electrons. The third-order valence-corrected chi connectivity index (χ3v) is 4.51. The van der Waals surface area contributed by atoms with E-state index >= 15 is 0 Å². The predicted molar refractivity (Wildman–Crippen MR) is 110 cm³/mol. The molecule has 3 aromatic carbocycles. The molecule has 0 radical (unpaired) electrons. The van der Waals surface area contributed by atoms with Gasteiger partial charge >= 0.3 is 0 Å². The topological polar surface area (TPSA) is 32.3 Å². The number of carbonyl (C=O) groups excluding carboxylic acids is 1. The number of hydrogen-bond acceptors (Lipinski definition) is 2. The number of rotatable bonds is 3. The van der Waals surface area contributed by atoms with Crippen molar-refractivity contribution in [2.75, 3.05) is 4.90 Å². The highest BCUT2D eigenvalue weighted by Crippen LogP contribution is 2.23. The maximum atomic E-state index is 12.7. The monoisotopic (exact) mass is 356 g/mol. The van der Waals surface area contributed by atoms with Crippen molar-refractivity contribution in [1.29, 1.82) is 0 Å². The molecular weight excluding hydrogens is 340 g/mol. The number of nitrogens with one attached hydrogen (secondary N) is 1. The zero-order valence-electron chi connectivity index (χ0n) is 13.9. The minimum Gasteiger partial charge on any atom is -0.327 e. The van der Waals surface area contributed by atoms with Crippen LogP contribution in [0.2, 0.25) is 0 Å². The summed E-state index contributed by atoms with van der Waals surface area (Å²) in [4.78, 5) is 14.2. The van der Waals surface area contributed by atoms with E-state index in [2.05, 4.69) is 29.6 Å². The summed E-state index contributed by atoms with van der Waals surface area (Å²) >= 11 is 5.33. The van der Waals surface area contributed by atoms with Crippen LogP contribution in [0.15, 0.2) is 90.6 Å².